The third kappa shape index (κ3) is 7.56. The summed E-state index contributed by atoms with van der Waals surface area (Å²) in [4.78, 5) is 16.9. The number of aromatic nitrogens is 3. The highest BCUT2D eigenvalue weighted by molar-refractivity contribution is 14.0. The molecule has 0 amide bonds. The summed E-state index contributed by atoms with van der Waals surface area (Å²) in [6.45, 7) is 8.01. The largest absolute Gasteiger partial charge is 0.379 e. The van der Waals surface area contributed by atoms with Crippen molar-refractivity contribution in [3.05, 3.63) is 16.3 Å². The average Bonchev–Trinajstić information content (AvgIpc) is 3.33. The molecule has 1 saturated heterocycles. The zero-order chi connectivity index (χ0) is 19.6. The Bertz CT molecular complexity index is 684. The van der Waals surface area contributed by atoms with Crippen molar-refractivity contribution in [2.75, 3.05) is 39.5 Å². The van der Waals surface area contributed by atoms with Crippen molar-refractivity contribution in [3.8, 4) is 0 Å². The topological polar surface area (TPSA) is 94.7 Å². The first-order valence-corrected chi connectivity index (χ1v) is 10.7. The Morgan fingerprint density at radius 1 is 1.34 bits per heavy atom. The number of guanidine groups is 1. The van der Waals surface area contributed by atoms with Gasteiger partial charge in [-0.3, -0.25) is 9.56 Å². The van der Waals surface area contributed by atoms with E-state index in [1.165, 1.54) is 0 Å². The lowest BCUT2D eigenvalue weighted by atomic mass is 10.2. The molecule has 9 nitrogen and oxygen atoms in total. The van der Waals surface area contributed by atoms with E-state index in [1.807, 2.05) is 4.57 Å². The van der Waals surface area contributed by atoms with E-state index in [9.17, 15) is 4.79 Å². The van der Waals surface area contributed by atoms with E-state index >= 15 is 0 Å². The van der Waals surface area contributed by atoms with E-state index in [-0.39, 0.29) is 35.8 Å². The molecule has 1 fully saturated rings. The van der Waals surface area contributed by atoms with Crippen LogP contribution in [0.3, 0.4) is 0 Å². The van der Waals surface area contributed by atoms with E-state index in [4.69, 9.17) is 9.47 Å². The van der Waals surface area contributed by atoms with E-state index in [0.29, 0.717) is 13.1 Å². The van der Waals surface area contributed by atoms with Gasteiger partial charge in [-0.15, -0.1) is 24.0 Å². The minimum atomic E-state index is 0. The Morgan fingerprint density at radius 3 is 3.00 bits per heavy atom. The zero-order valence-corrected chi connectivity index (χ0v) is 19.7. The van der Waals surface area contributed by atoms with Gasteiger partial charge in [0.15, 0.2) is 5.96 Å². The number of nitrogens with one attached hydrogen (secondary N) is 2. The number of aliphatic imine (C=N–C) groups is 1. The number of fused-ring (bicyclic) bond motifs is 1. The maximum absolute atomic E-state index is 12.3. The number of ether oxygens (including phenoxy) is 2. The Balaban J connectivity index is 0.00000300. The van der Waals surface area contributed by atoms with Gasteiger partial charge in [-0.2, -0.15) is 5.10 Å². The van der Waals surface area contributed by atoms with Crippen LogP contribution in [-0.4, -0.2) is 65.9 Å². The fourth-order valence-corrected chi connectivity index (χ4v) is 3.52. The van der Waals surface area contributed by atoms with Crippen molar-refractivity contribution in [1.82, 2.24) is 25.0 Å². The Kier molecular flexibility index (Phi) is 11.0. The molecule has 1 atom stereocenters. The molecule has 0 spiro atoms. The van der Waals surface area contributed by atoms with Crippen molar-refractivity contribution < 1.29 is 9.47 Å². The fourth-order valence-electron chi connectivity index (χ4n) is 3.52. The number of nitrogens with zero attached hydrogens (tertiary/aromatic N) is 4. The monoisotopic (exact) mass is 522 g/mol. The number of hydrogen-bond acceptors (Lipinski definition) is 5. The number of halogens is 1. The van der Waals surface area contributed by atoms with Crippen molar-refractivity contribution in [2.24, 2.45) is 4.99 Å². The first-order chi connectivity index (χ1) is 13.8. The number of aryl methyl sites for hydroxylation is 2. The van der Waals surface area contributed by atoms with Gasteiger partial charge in [-0.25, -0.2) is 9.48 Å². The molecule has 0 bridgehead atoms. The second-order valence-corrected chi connectivity index (χ2v) is 7.28. The molecule has 1 aromatic rings. The van der Waals surface area contributed by atoms with Crippen LogP contribution < -0.4 is 16.3 Å². The highest BCUT2D eigenvalue weighted by atomic mass is 127. The van der Waals surface area contributed by atoms with Crippen LogP contribution in [0.5, 0.6) is 0 Å². The van der Waals surface area contributed by atoms with Crippen LogP contribution in [0.15, 0.2) is 9.79 Å². The molecule has 166 valence electrons. The van der Waals surface area contributed by atoms with Gasteiger partial charge in [0.05, 0.1) is 12.7 Å². The molecule has 1 unspecified atom stereocenters. The number of rotatable bonds is 10. The van der Waals surface area contributed by atoms with E-state index in [1.54, 1.807) is 4.68 Å². The van der Waals surface area contributed by atoms with Crippen molar-refractivity contribution >= 4 is 29.9 Å². The quantitative estimate of drug-likeness (QED) is 0.207. The van der Waals surface area contributed by atoms with Gasteiger partial charge in [0, 0.05) is 52.4 Å². The maximum Gasteiger partial charge on any atom is 0.345 e. The van der Waals surface area contributed by atoms with Crippen LogP contribution in [0.25, 0.3) is 0 Å². The summed E-state index contributed by atoms with van der Waals surface area (Å²) < 4.78 is 14.5. The molecule has 3 heterocycles. The lowest BCUT2D eigenvalue weighted by molar-refractivity contribution is 0.0420. The summed E-state index contributed by atoms with van der Waals surface area (Å²) >= 11 is 0. The lowest BCUT2D eigenvalue weighted by Gasteiger charge is -2.12. The Hall–Kier alpha value is -1.14. The molecular formula is C19H35IN6O3. The van der Waals surface area contributed by atoms with Crippen molar-refractivity contribution in [1.29, 1.82) is 0 Å². The molecule has 3 rings (SSSR count). The minimum absolute atomic E-state index is 0. The molecular weight excluding hydrogens is 487 g/mol. The first kappa shape index (κ1) is 24.1. The molecule has 2 N–H and O–H groups in total. The highest BCUT2D eigenvalue weighted by Crippen LogP contribution is 2.09. The SMILES string of the molecule is CCNC(=NCCCn1nc2n(c1=O)CCCC2)NCCCOC1CCOC1.I. The smallest absolute Gasteiger partial charge is 0.345 e. The zero-order valence-electron chi connectivity index (χ0n) is 17.4. The highest BCUT2D eigenvalue weighted by Gasteiger charge is 2.16. The second-order valence-electron chi connectivity index (χ2n) is 7.28. The van der Waals surface area contributed by atoms with Gasteiger partial charge in [0.25, 0.3) is 0 Å². The molecule has 0 radical (unpaired) electrons. The van der Waals surface area contributed by atoms with Crippen LogP contribution in [-0.2, 0) is 29.0 Å². The summed E-state index contributed by atoms with van der Waals surface area (Å²) in [7, 11) is 0. The van der Waals surface area contributed by atoms with Crippen LogP contribution in [0, 0.1) is 0 Å². The molecule has 1 aromatic heterocycles. The molecule has 10 heteroatoms. The molecule has 0 saturated carbocycles. The van der Waals surface area contributed by atoms with Gasteiger partial charge < -0.3 is 20.1 Å². The molecule has 2 aliphatic rings. The maximum atomic E-state index is 12.3. The normalized spacial score (nSPS) is 18.9. The summed E-state index contributed by atoms with van der Waals surface area (Å²) in [5, 5.41) is 11.1. The molecule has 0 aromatic carbocycles. The summed E-state index contributed by atoms with van der Waals surface area (Å²) in [6, 6.07) is 0. The second kappa shape index (κ2) is 13.2. The molecule has 29 heavy (non-hydrogen) atoms. The Labute approximate surface area is 189 Å². The van der Waals surface area contributed by atoms with Crippen LogP contribution in [0.2, 0.25) is 0 Å². The summed E-state index contributed by atoms with van der Waals surface area (Å²) in [5.74, 6) is 1.74. The van der Waals surface area contributed by atoms with Crippen LogP contribution in [0.4, 0.5) is 0 Å². The van der Waals surface area contributed by atoms with Gasteiger partial charge in [-0.1, -0.05) is 0 Å². The van der Waals surface area contributed by atoms with Gasteiger partial charge in [0.1, 0.15) is 5.82 Å². The van der Waals surface area contributed by atoms with Crippen molar-refractivity contribution in [3.63, 3.8) is 0 Å². The predicted octanol–water partition coefficient (Wildman–Crippen LogP) is 1.14. The average molecular weight is 522 g/mol. The van der Waals surface area contributed by atoms with Crippen molar-refractivity contribution in [2.45, 2.75) is 64.6 Å². The summed E-state index contributed by atoms with van der Waals surface area (Å²) in [5.41, 5.74) is 0.0244. The van der Waals surface area contributed by atoms with E-state index in [2.05, 4.69) is 27.6 Å². The van der Waals surface area contributed by atoms with Gasteiger partial charge >= 0.3 is 5.69 Å². The molecule has 2 aliphatic heterocycles. The predicted molar refractivity (Wildman–Crippen MR) is 123 cm³/mol. The third-order valence-corrected chi connectivity index (χ3v) is 5.03. The number of hydrogen-bond donors (Lipinski definition) is 2. The molecule has 0 aliphatic carbocycles. The standard InChI is InChI=1S/C19H34N6O3.HI/c1-2-20-18(22-10-6-13-28-16-8-14-27-15-16)21-9-5-12-25-19(26)24-11-4-3-7-17(24)23-25;/h16H,2-15H2,1H3,(H2,20,21,22);1H. The summed E-state index contributed by atoms with van der Waals surface area (Å²) in [6.07, 6.45) is 6.08. The minimum Gasteiger partial charge on any atom is -0.379 e. The van der Waals surface area contributed by atoms with Gasteiger partial charge in [0.2, 0.25) is 0 Å². The first-order valence-electron chi connectivity index (χ1n) is 10.7. The fraction of sp³-hybridized carbons (Fsp3) is 0.842. The lowest BCUT2D eigenvalue weighted by Crippen LogP contribution is -2.38. The van der Waals surface area contributed by atoms with Crippen LogP contribution in [0.1, 0.15) is 44.9 Å². The van der Waals surface area contributed by atoms with Gasteiger partial charge in [-0.05, 0) is 39.0 Å². The van der Waals surface area contributed by atoms with E-state index in [0.717, 1.165) is 89.8 Å². The Morgan fingerprint density at radius 2 is 2.24 bits per heavy atom. The van der Waals surface area contributed by atoms with E-state index < -0.39 is 0 Å². The van der Waals surface area contributed by atoms with Crippen LogP contribution >= 0.6 is 24.0 Å². The third-order valence-electron chi connectivity index (χ3n) is 5.03.